The number of hydrogen-bond donors (Lipinski definition) is 1. The van der Waals surface area contributed by atoms with Gasteiger partial charge < -0.3 is 10.2 Å². The van der Waals surface area contributed by atoms with Crippen molar-refractivity contribution in [1.82, 2.24) is 10.2 Å². The van der Waals surface area contributed by atoms with Crippen LogP contribution in [0.4, 0.5) is 13.2 Å². The number of alkyl halides is 3. The molecule has 0 bridgehead atoms. The predicted octanol–water partition coefficient (Wildman–Crippen LogP) is 1.40. The summed E-state index contributed by atoms with van der Waals surface area (Å²) in [5, 5.41) is 1.91. The maximum Gasteiger partial charge on any atom is 0.471 e. The minimum absolute atomic E-state index is 0.425. The van der Waals surface area contributed by atoms with E-state index in [0.29, 0.717) is 6.54 Å². The molecule has 0 fully saturated rings. The van der Waals surface area contributed by atoms with E-state index in [1.54, 1.807) is 6.92 Å². The molecule has 0 aromatic rings. The Morgan fingerprint density at radius 3 is 2.13 bits per heavy atom. The third kappa shape index (κ3) is 5.61. The van der Waals surface area contributed by atoms with E-state index >= 15 is 0 Å². The molecule has 0 aliphatic carbocycles. The van der Waals surface area contributed by atoms with Crippen LogP contribution in [0.15, 0.2) is 0 Å². The lowest BCUT2D eigenvalue weighted by Gasteiger charge is -2.23. The first-order valence-corrected chi connectivity index (χ1v) is 4.91. The third-order valence-corrected chi connectivity index (χ3v) is 2.06. The number of carbonyl (C=O) groups excluding carboxylic acids is 1. The summed E-state index contributed by atoms with van der Waals surface area (Å²) in [6.07, 6.45) is -4.79. The van der Waals surface area contributed by atoms with Crippen LogP contribution >= 0.6 is 0 Å². The highest BCUT2D eigenvalue weighted by Gasteiger charge is 2.39. The Morgan fingerprint density at radius 1 is 1.33 bits per heavy atom. The van der Waals surface area contributed by atoms with E-state index in [0.717, 1.165) is 13.1 Å². The Bertz CT molecular complexity index is 202. The van der Waals surface area contributed by atoms with Crippen LogP contribution in [0.3, 0.4) is 0 Å². The lowest BCUT2D eigenvalue weighted by atomic mass is 10.3. The number of hydrogen-bond acceptors (Lipinski definition) is 2. The lowest BCUT2D eigenvalue weighted by Crippen LogP contribution is -2.46. The summed E-state index contributed by atoms with van der Waals surface area (Å²) >= 11 is 0. The van der Waals surface area contributed by atoms with Crippen LogP contribution in [-0.4, -0.2) is 42.7 Å². The zero-order valence-electron chi connectivity index (χ0n) is 9.19. The van der Waals surface area contributed by atoms with E-state index in [9.17, 15) is 18.0 Å². The largest absolute Gasteiger partial charge is 0.471 e. The van der Waals surface area contributed by atoms with Crippen molar-refractivity contribution in [3.8, 4) is 0 Å². The SMILES string of the molecule is CCN(CC)CC(C)NC(=O)C(F)(F)F. The van der Waals surface area contributed by atoms with Crippen molar-refractivity contribution < 1.29 is 18.0 Å². The van der Waals surface area contributed by atoms with E-state index in [4.69, 9.17) is 0 Å². The van der Waals surface area contributed by atoms with E-state index in [2.05, 4.69) is 0 Å². The number of nitrogens with one attached hydrogen (secondary N) is 1. The highest BCUT2D eigenvalue weighted by Crippen LogP contribution is 2.14. The van der Waals surface area contributed by atoms with Crippen molar-refractivity contribution >= 4 is 5.91 Å². The summed E-state index contributed by atoms with van der Waals surface area (Å²) in [6, 6.07) is -0.501. The second-order valence-electron chi connectivity index (χ2n) is 3.36. The van der Waals surface area contributed by atoms with Crippen molar-refractivity contribution in [1.29, 1.82) is 0 Å². The fourth-order valence-electron chi connectivity index (χ4n) is 1.22. The summed E-state index contributed by atoms with van der Waals surface area (Å²) < 4.78 is 35.7. The maximum atomic E-state index is 11.9. The van der Waals surface area contributed by atoms with E-state index in [1.165, 1.54) is 0 Å². The first kappa shape index (κ1) is 14.2. The number of carbonyl (C=O) groups is 1. The molecule has 1 N–H and O–H groups in total. The van der Waals surface area contributed by atoms with Crippen molar-refractivity contribution in [2.45, 2.75) is 33.0 Å². The topological polar surface area (TPSA) is 32.3 Å². The molecule has 1 amide bonds. The van der Waals surface area contributed by atoms with Gasteiger partial charge in [-0.15, -0.1) is 0 Å². The van der Waals surface area contributed by atoms with Gasteiger partial charge in [-0.05, 0) is 20.0 Å². The highest BCUT2D eigenvalue weighted by molar-refractivity contribution is 5.81. The standard InChI is InChI=1S/C9H17F3N2O/c1-4-14(5-2)6-7(3)13-8(15)9(10,11)12/h7H,4-6H2,1-3H3,(H,13,15). The van der Waals surface area contributed by atoms with Crippen LogP contribution in [0.25, 0.3) is 0 Å². The van der Waals surface area contributed by atoms with Crippen LogP contribution < -0.4 is 5.32 Å². The number of likely N-dealkylation sites (N-methyl/N-ethyl adjacent to an activating group) is 1. The van der Waals surface area contributed by atoms with Crippen LogP contribution in [0.2, 0.25) is 0 Å². The zero-order chi connectivity index (χ0) is 12.1. The summed E-state index contributed by atoms with van der Waals surface area (Å²) in [4.78, 5) is 12.5. The van der Waals surface area contributed by atoms with Crippen molar-refractivity contribution in [2.75, 3.05) is 19.6 Å². The zero-order valence-corrected chi connectivity index (χ0v) is 9.19. The second kappa shape index (κ2) is 5.95. The average molecular weight is 226 g/mol. The molecule has 6 heteroatoms. The Balaban J connectivity index is 4.03. The first-order valence-electron chi connectivity index (χ1n) is 4.91. The molecule has 0 saturated carbocycles. The van der Waals surface area contributed by atoms with Gasteiger partial charge in [0, 0.05) is 12.6 Å². The Kier molecular flexibility index (Phi) is 5.64. The van der Waals surface area contributed by atoms with Gasteiger partial charge in [-0.1, -0.05) is 13.8 Å². The summed E-state index contributed by atoms with van der Waals surface area (Å²) in [6.45, 7) is 7.33. The van der Waals surface area contributed by atoms with Gasteiger partial charge in [0.2, 0.25) is 0 Å². The molecule has 0 saturated heterocycles. The van der Waals surface area contributed by atoms with Crippen LogP contribution in [0.5, 0.6) is 0 Å². The molecule has 0 aromatic heterocycles. The Labute approximate surface area is 87.6 Å². The molecule has 1 atom stereocenters. The lowest BCUT2D eigenvalue weighted by molar-refractivity contribution is -0.174. The van der Waals surface area contributed by atoms with Gasteiger partial charge in [0.25, 0.3) is 0 Å². The van der Waals surface area contributed by atoms with E-state index < -0.39 is 18.1 Å². The van der Waals surface area contributed by atoms with Gasteiger partial charge in [-0.2, -0.15) is 13.2 Å². The number of halogens is 3. The third-order valence-electron chi connectivity index (χ3n) is 2.06. The molecule has 0 aliphatic rings. The fourth-order valence-corrected chi connectivity index (χ4v) is 1.22. The molecule has 0 radical (unpaired) electrons. The van der Waals surface area contributed by atoms with Crippen molar-refractivity contribution in [3.05, 3.63) is 0 Å². The average Bonchev–Trinajstić information content (AvgIpc) is 2.12. The normalized spacial score (nSPS) is 14.1. The molecule has 0 rings (SSSR count). The molecule has 15 heavy (non-hydrogen) atoms. The summed E-state index contributed by atoms with van der Waals surface area (Å²) in [5.74, 6) is -1.87. The van der Waals surface area contributed by atoms with Gasteiger partial charge in [-0.3, -0.25) is 4.79 Å². The van der Waals surface area contributed by atoms with Gasteiger partial charge in [0.05, 0.1) is 0 Å². The van der Waals surface area contributed by atoms with Crippen LogP contribution in [0.1, 0.15) is 20.8 Å². The van der Waals surface area contributed by atoms with E-state index in [1.807, 2.05) is 24.1 Å². The minimum atomic E-state index is -4.79. The van der Waals surface area contributed by atoms with Gasteiger partial charge in [0.15, 0.2) is 0 Å². The van der Waals surface area contributed by atoms with Gasteiger partial charge in [-0.25, -0.2) is 0 Å². The molecule has 0 spiro atoms. The smallest absolute Gasteiger partial charge is 0.345 e. The molecule has 0 aromatic carbocycles. The van der Waals surface area contributed by atoms with Gasteiger partial charge in [0.1, 0.15) is 0 Å². The van der Waals surface area contributed by atoms with E-state index in [-0.39, 0.29) is 0 Å². The molecule has 0 heterocycles. The summed E-state index contributed by atoms with van der Waals surface area (Å²) in [5.41, 5.74) is 0. The molecular formula is C9H17F3N2O. The predicted molar refractivity (Wildman–Crippen MR) is 51.4 cm³/mol. The molecule has 3 nitrogen and oxygen atoms in total. The quantitative estimate of drug-likeness (QED) is 0.768. The second-order valence-corrected chi connectivity index (χ2v) is 3.36. The highest BCUT2D eigenvalue weighted by atomic mass is 19.4. The maximum absolute atomic E-state index is 11.9. The van der Waals surface area contributed by atoms with Crippen LogP contribution in [-0.2, 0) is 4.79 Å². The fraction of sp³-hybridized carbons (Fsp3) is 0.889. The number of rotatable bonds is 5. The Morgan fingerprint density at radius 2 is 1.80 bits per heavy atom. The Hall–Kier alpha value is -0.780. The van der Waals surface area contributed by atoms with Crippen molar-refractivity contribution in [3.63, 3.8) is 0 Å². The van der Waals surface area contributed by atoms with Crippen molar-refractivity contribution in [2.24, 2.45) is 0 Å². The molecular weight excluding hydrogens is 209 g/mol. The minimum Gasteiger partial charge on any atom is -0.345 e. The number of amides is 1. The molecule has 90 valence electrons. The van der Waals surface area contributed by atoms with Crippen LogP contribution in [0, 0.1) is 0 Å². The molecule has 1 unspecified atom stereocenters. The summed E-state index contributed by atoms with van der Waals surface area (Å²) in [7, 11) is 0. The first-order chi connectivity index (χ1) is 6.81. The number of nitrogens with zero attached hydrogens (tertiary/aromatic N) is 1. The van der Waals surface area contributed by atoms with Gasteiger partial charge >= 0.3 is 12.1 Å². The monoisotopic (exact) mass is 226 g/mol. The molecule has 0 aliphatic heterocycles.